The van der Waals surface area contributed by atoms with Gasteiger partial charge in [-0.3, -0.25) is 9.36 Å². The number of rotatable bonds is 5. The van der Waals surface area contributed by atoms with Gasteiger partial charge in [-0.05, 0) is 25.1 Å². The van der Waals surface area contributed by atoms with E-state index in [1.807, 2.05) is 25.1 Å². The van der Waals surface area contributed by atoms with Crippen molar-refractivity contribution >= 4 is 28.6 Å². The summed E-state index contributed by atoms with van der Waals surface area (Å²) in [6.45, 7) is 2.42. The lowest BCUT2D eigenvalue weighted by atomic mass is 10.2. The minimum absolute atomic E-state index is 0.0639. The molecular formula is C17H16N2O4S. The predicted molar refractivity (Wildman–Crippen MR) is 91.3 cm³/mol. The molecule has 2 heterocycles. The Labute approximate surface area is 142 Å². The highest BCUT2D eigenvalue weighted by Crippen LogP contribution is 2.25. The predicted octanol–water partition coefficient (Wildman–Crippen LogP) is 3.09. The molecule has 2 aromatic heterocycles. The van der Waals surface area contributed by atoms with Gasteiger partial charge in [-0.1, -0.05) is 23.9 Å². The number of fused-ring (bicyclic) bond motifs is 1. The average Bonchev–Trinajstić information content (AvgIpc) is 3.08. The number of benzene rings is 1. The second kappa shape index (κ2) is 6.92. The Kier molecular flexibility index (Phi) is 4.71. The maximum Gasteiger partial charge on any atom is 0.374 e. The first-order chi connectivity index (χ1) is 11.7. The highest BCUT2D eigenvalue weighted by molar-refractivity contribution is 7.98. The van der Waals surface area contributed by atoms with Crippen molar-refractivity contribution in [1.82, 2.24) is 9.55 Å². The van der Waals surface area contributed by atoms with Gasteiger partial charge in [0, 0.05) is 17.9 Å². The molecule has 0 saturated carbocycles. The Morgan fingerprint density at radius 1 is 1.33 bits per heavy atom. The number of aromatic nitrogens is 2. The van der Waals surface area contributed by atoms with E-state index >= 15 is 0 Å². The largest absolute Gasteiger partial charge is 0.463 e. The number of esters is 1. The number of furan rings is 1. The summed E-state index contributed by atoms with van der Waals surface area (Å²) in [5.41, 5.74) is 1.30. The van der Waals surface area contributed by atoms with E-state index in [9.17, 15) is 9.59 Å². The normalized spacial score (nSPS) is 10.9. The summed E-state index contributed by atoms with van der Waals surface area (Å²) in [6.07, 6.45) is 1.45. The lowest BCUT2D eigenvalue weighted by Crippen LogP contribution is -2.22. The van der Waals surface area contributed by atoms with Gasteiger partial charge in [0.1, 0.15) is 0 Å². The van der Waals surface area contributed by atoms with Crippen molar-refractivity contribution in [2.24, 2.45) is 0 Å². The first-order valence-corrected chi connectivity index (χ1v) is 8.41. The van der Waals surface area contributed by atoms with Gasteiger partial charge >= 0.3 is 5.97 Å². The van der Waals surface area contributed by atoms with Gasteiger partial charge in [0.2, 0.25) is 5.76 Å². The molecule has 0 aliphatic carbocycles. The van der Waals surface area contributed by atoms with Gasteiger partial charge in [0.15, 0.2) is 5.16 Å². The second-order valence-electron chi connectivity index (χ2n) is 5.02. The van der Waals surface area contributed by atoms with Gasteiger partial charge in [-0.15, -0.1) is 0 Å². The SMILES string of the molecule is CCn1c(SCc2ccoc2C(=O)OC)nc2ccccc2c1=O. The van der Waals surface area contributed by atoms with Crippen LogP contribution in [0, 0.1) is 0 Å². The Morgan fingerprint density at radius 2 is 2.12 bits per heavy atom. The molecule has 0 atom stereocenters. The number of thioether (sulfide) groups is 1. The third-order valence-corrected chi connectivity index (χ3v) is 4.64. The highest BCUT2D eigenvalue weighted by atomic mass is 32.2. The van der Waals surface area contributed by atoms with E-state index in [2.05, 4.69) is 4.98 Å². The van der Waals surface area contributed by atoms with E-state index < -0.39 is 5.97 Å². The molecule has 7 heteroatoms. The Morgan fingerprint density at radius 3 is 2.88 bits per heavy atom. The Bertz CT molecular complexity index is 945. The smallest absolute Gasteiger partial charge is 0.374 e. The molecule has 0 fully saturated rings. The van der Waals surface area contributed by atoms with Crippen molar-refractivity contribution in [2.75, 3.05) is 7.11 Å². The molecule has 6 nitrogen and oxygen atoms in total. The fourth-order valence-electron chi connectivity index (χ4n) is 2.40. The van der Waals surface area contributed by atoms with E-state index in [0.29, 0.717) is 33.9 Å². The van der Waals surface area contributed by atoms with Crippen LogP contribution in [-0.2, 0) is 17.0 Å². The minimum atomic E-state index is -0.519. The Hall–Kier alpha value is -2.54. The number of nitrogens with zero attached hydrogens (tertiary/aromatic N) is 2. The average molecular weight is 344 g/mol. The van der Waals surface area contributed by atoms with Gasteiger partial charge in [0.05, 0.1) is 24.3 Å². The van der Waals surface area contributed by atoms with E-state index in [-0.39, 0.29) is 11.3 Å². The van der Waals surface area contributed by atoms with Crippen molar-refractivity contribution in [3.8, 4) is 0 Å². The summed E-state index contributed by atoms with van der Waals surface area (Å²) < 4.78 is 11.5. The van der Waals surface area contributed by atoms with Crippen LogP contribution in [0.1, 0.15) is 23.0 Å². The second-order valence-corrected chi connectivity index (χ2v) is 5.96. The molecular weight excluding hydrogens is 328 g/mol. The van der Waals surface area contributed by atoms with Crippen LogP contribution in [0.25, 0.3) is 10.9 Å². The molecule has 0 aliphatic heterocycles. The topological polar surface area (TPSA) is 74.3 Å². The van der Waals surface area contributed by atoms with Gasteiger partial charge < -0.3 is 9.15 Å². The maximum absolute atomic E-state index is 12.6. The Balaban J connectivity index is 1.95. The van der Waals surface area contributed by atoms with E-state index in [1.54, 1.807) is 16.7 Å². The molecule has 124 valence electrons. The quantitative estimate of drug-likeness (QED) is 0.402. The molecule has 3 aromatic rings. The zero-order valence-corrected chi connectivity index (χ0v) is 14.1. The minimum Gasteiger partial charge on any atom is -0.463 e. The fourth-order valence-corrected chi connectivity index (χ4v) is 3.44. The molecule has 0 spiro atoms. The van der Waals surface area contributed by atoms with Crippen molar-refractivity contribution in [2.45, 2.75) is 24.4 Å². The van der Waals surface area contributed by atoms with Crippen molar-refractivity contribution in [3.05, 3.63) is 58.3 Å². The third kappa shape index (κ3) is 2.94. The summed E-state index contributed by atoms with van der Waals surface area (Å²) in [4.78, 5) is 28.8. The molecule has 0 amide bonds. The number of carbonyl (C=O) groups excluding carboxylic acids is 1. The van der Waals surface area contributed by atoms with Crippen LogP contribution in [-0.4, -0.2) is 22.6 Å². The van der Waals surface area contributed by atoms with Gasteiger partial charge in [0.25, 0.3) is 5.56 Å². The summed E-state index contributed by atoms with van der Waals surface area (Å²) in [5.74, 6) is 0.109. The van der Waals surface area contributed by atoms with Crippen molar-refractivity contribution < 1.29 is 13.9 Å². The van der Waals surface area contributed by atoms with Gasteiger partial charge in [-0.25, -0.2) is 9.78 Å². The molecule has 0 unspecified atom stereocenters. The van der Waals surface area contributed by atoms with Crippen LogP contribution in [0.5, 0.6) is 0 Å². The molecule has 3 rings (SSSR count). The molecule has 0 saturated heterocycles. The molecule has 24 heavy (non-hydrogen) atoms. The standard InChI is InChI=1S/C17H16N2O4S/c1-3-19-15(20)12-6-4-5-7-13(12)18-17(19)24-10-11-8-9-23-14(11)16(21)22-2/h4-9H,3,10H2,1-2H3. The molecule has 0 bridgehead atoms. The van der Waals surface area contributed by atoms with Crippen LogP contribution >= 0.6 is 11.8 Å². The zero-order chi connectivity index (χ0) is 17.1. The summed E-state index contributed by atoms with van der Waals surface area (Å²) in [6, 6.07) is 8.99. The molecule has 0 radical (unpaired) electrons. The van der Waals surface area contributed by atoms with E-state index in [1.165, 1.54) is 25.1 Å². The van der Waals surface area contributed by atoms with Crippen molar-refractivity contribution in [3.63, 3.8) is 0 Å². The zero-order valence-electron chi connectivity index (χ0n) is 13.3. The monoisotopic (exact) mass is 344 g/mol. The maximum atomic E-state index is 12.6. The van der Waals surface area contributed by atoms with Crippen LogP contribution in [0.15, 0.2) is 51.0 Å². The number of carbonyl (C=O) groups is 1. The summed E-state index contributed by atoms with van der Waals surface area (Å²) in [5, 5.41) is 1.21. The fraction of sp³-hybridized carbons (Fsp3) is 0.235. The van der Waals surface area contributed by atoms with E-state index in [0.717, 1.165) is 0 Å². The highest BCUT2D eigenvalue weighted by Gasteiger charge is 2.17. The summed E-state index contributed by atoms with van der Waals surface area (Å²) in [7, 11) is 1.31. The van der Waals surface area contributed by atoms with E-state index in [4.69, 9.17) is 9.15 Å². The van der Waals surface area contributed by atoms with Gasteiger partial charge in [-0.2, -0.15) is 0 Å². The van der Waals surface area contributed by atoms with Crippen molar-refractivity contribution in [1.29, 1.82) is 0 Å². The lowest BCUT2D eigenvalue weighted by molar-refractivity contribution is 0.0564. The number of methoxy groups -OCH3 is 1. The molecule has 1 aromatic carbocycles. The van der Waals surface area contributed by atoms with Crippen LogP contribution < -0.4 is 5.56 Å². The van der Waals surface area contributed by atoms with Crippen LogP contribution in [0.3, 0.4) is 0 Å². The number of hydrogen-bond donors (Lipinski definition) is 0. The first kappa shape index (κ1) is 16.3. The summed E-state index contributed by atoms with van der Waals surface area (Å²) >= 11 is 1.38. The molecule has 0 aliphatic rings. The van der Waals surface area contributed by atoms with Crippen LogP contribution in [0.4, 0.5) is 0 Å². The lowest BCUT2D eigenvalue weighted by Gasteiger charge is -2.11. The number of para-hydroxylation sites is 1. The van der Waals surface area contributed by atoms with Crippen LogP contribution in [0.2, 0.25) is 0 Å². The number of hydrogen-bond acceptors (Lipinski definition) is 6. The first-order valence-electron chi connectivity index (χ1n) is 7.42. The third-order valence-electron chi connectivity index (χ3n) is 3.62. The number of ether oxygens (including phenoxy) is 1. The molecule has 0 N–H and O–H groups in total.